The molecule has 1 rings (SSSR count). The Morgan fingerprint density at radius 3 is 2.48 bits per heavy atom. The first-order chi connectivity index (χ1) is 10.7. The molecule has 0 radical (unpaired) electrons. The van der Waals surface area contributed by atoms with Gasteiger partial charge >= 0.3 is 5.97 Å². The molecule has 23 heavy (non-hydrogen) atoms. The van der Waals surface area contributed by atoms with E-state index in [2.05, 4.69) is 11.9 Å². The summed E-state index contributed by atoms with van der Waals surface area (Å²) < 4.78 is 6.48. The molecule has 1 unspecified atom stereocenters. The Labute approximate surface area is 147 Å². The van der Waals surface area contributed by atoms with Crippen LogP contribution in [0.3, 0.4) is 0 Å². The van der Waals surface area contributed by atoms with E-state index < -0.39 is 0 Å². The highest BCUT2D eigenvalue weighted by molar-refractivity contribution is 7.97. The molecule has 0 aromatic heterocycles. The molecule has 0 heterocycles. The number of benzene rings is 1. The average molecular weight is 359 g/mol. The van der Waals surface area contributed by atoms with Crippen LogP contribution in [0, 0.1) is 0 Å². The van der Waals surface area contributed by atoms with Crippen LogP contribution in [0.25, 0.3) is 0 Å². The third-order valence-corrected chi connectivity index (χ3v) is 3.73. The standard InChI is InChI=1S/C13H18N2O3S.C3H5Cl/c1-9(13(17)18-4)15(3)19-11-7-5-6-10(8-11)12(16)14-2;1-3(2)4/h5-9H,1-4H3,(H,14,16);1H2,2H3. The predicted octanol–water partition coefficient (Wildman–Crippen LogP) is 3.31. The van der Waals surface area contributed by atoms with Crippen molar-refractivity contribution in [2.75, 3.05) is 21.2 Å². The van der Waals surface area contributed by atoms with E-state index in [-0.39, 0.29) is 17.9 Å². The fourth-order valence-corrected chi connectivity index (χ4v) is 2.30. The van der Waals surface area contributed by atoms with Gasteiger partial charge in [-0.05, 0) is 51.0 Å². The molecule has 0 saturated heterocycles. The van der Waals surface area contributed by atoms with E-state index in [0.29, 0.717) is 10.6 Å². The number of ether oxygens (including phenoxy) is 1. The molecule has 0 aliphatic carbocycles. The van der Waals surface area contributed by atoms with Crippen molar-refractivity contribution in [1.29, 1.82) is 0 Å². The summed E-state index contributed by atoms with van der Waals surface area (Å²) in [4.78, 5) is 23.8. The summed E-state index contributed by atoms with van der Waals surface area (Å²) in [6.45, 7) is 6.82. The van der Waals surface area contributed by atoms with Crippen molar-refractivity contribution in [2.24, 2.45) is 0 Å². The second kappa shape index (κ2) is 11.1. The summed E-state index contributed by atoms with van der Waals surface area (Å²) in [7, 11) is 4.76. The Hall–Kier alpha value is -1.50. The lowest BCUT2D eigenvalue weighted by Gasteiger charge is -2.21. The van der Waals surface area contributed by atoms with Crippen LogP contribution >= 0.6 is 23.5 Å². The Morgan fingerprint density at radius 2 is 2.00 bits per heavy atom. The molecule has 0 spiro atoms. The molecule has 1 aromatic carbocycles. The van der Waals surface area contributed by atoms with E-state index in [1.807, 2.05) is 12.1 Å². The highest BCUT2D eigenvalue weighted by Crippen LogP contribution is 2.24. The number of rotatable bonds is 5. The molecule has 1 aromatic rings. The Bertz CT molecular complexity index is 548. The van der Waals surface area contributed by atoms with E-state index in [1.54, 1.807) is 44.4 Å². The minimum absolute atomic E-state index is 0.133. The zero-order valence-corrected chi connectivity index (χ0v) is 15.6. The number of nitrogens with zero attached hydrogens (tertiary/aromatic N) is 1. The van der Waals surface area contributed by atoms with Crippen LogP contribution in [0.1, 0.15) is 24.2 Å². The fraction of sp³-hybridized carbons (Fsp3) is 0.375. The minimum Gasteiger partial charge on any atom is -0.468 e. The topological polar surface area (TPSA) is 58.6 Å². The lowest BCUT2D eigenvalue weighted by molar-refractivity contribution is -0.144. The Balaban J connectivity index is 0.00000108. The second-order valence-electron chi connectivity index (χ2n) is 4.62. The van der Waals surface area contributed by atoms with E-state index in [9.17, 15) is 9.59 Å². The molecule has 0 saturated carbocycles. The maximum Gasteiger partial charge on any atom is 0.323 e. The van der Waals surface area contributed by atoms with Crippen molar-refractivity contribution < 1.29 is 14.3 Å². The van der Waals surface area contributed by atoms with Crippen LogP contribution in [0.2, 0.25) is 0 Å². The molecule has 0 bridgehead atoms. The predicted molar refractivity (Wildman–Crippen MR) is 95.6 cm³/mol. The van der Waals surface area contributed by atoms with Gasteiger partial charge in [0.2, 0.25) is 0 Å². The maximum absolute atomic E-state index is 11.5. The number of hydrogen-bond acceptors (Lipinski definition) is 5. The largest absolute Gasteiger partial charge is 0.468 e. The monoisotopic (exact) mass is 358 g/mol. The average Bonchev–Trinajstić information content (AvgIpc) is 2.52. The Morgan fingerprint density at radius 1 is 1.43 bits per heavy atom. The summed E-state index contributed by atoms with van der Waals surface area (Å²) in [5.41, 5.74) is 0.589. The normalized spacial score (nSPS) is 11.1. The summed E-state index contributed by atoms with van der Waals surface area (Å²) >= 11 is 6.47. The Kier molecular flexibility index (Phi) is 10.4. The van der Waals surface area contributed by atoms with Gasteiger partial charge in [0.15, 0.2) is 0 Å². The van der Waals surface area contributed by atoms with Crippen LogP contribution in [-0.4, -0.2) is 43.4 Å². The zero-order valence-electron chi connectivity index (χ0n) is 14.1. The number of esters is 1. The number of allylic oxidation sites excluding steroid dienone is 1. The molecule has 0 aliphatic heterocycles. The second-order valence-corrected chi connectivity index (χ2v) is 6.49. The number of likely N-dealkylation sites (N-methyl/N-ethyl adjacent to an activating group) is 1. The van der Waals surface area contributed by atoms with Gasteiger partial charge in [0, 0.05) is 22.5 Å². The van der Waals surface area contributed by atoms with Crippen LogP contribution in [0.15, 0.2) is 40.8 Å². The smallest absolute Gasteiger partial charge is 0.323 e. The van der Waals surface area contributed by atoms with E-state index in [0.717, 1.165) is 4.90 Å². The van der Waals surface area contributed by atoms with Gasteiger partial charge in [-0.25, -0.2) is 4.31 Å². The molecule has 7 heteroatoms. The van der Waals surface area contributed by atoms with E-state index in [1.165, 1.54) is 19.1 Å². The van der Waals surface area contributed by atoms with Crippen molar-refractivity contribution in [1.82, 2.24) is 9.62 Å². The van der Waals surface area contributed by atoms with Crippen molar-refractivity contribution in [3.8, 4) is 0 Å². The molecule has 1 N–H and O–H groups in total. The summed E-state index contributed by atoms with van der Waals surface area (Å²) in [5, 5.41) is 3.21. The highest BCUT2D eigenvalue weighted by Gasteiger charge is 2.19. The van der Waals surface area contributed by atoms with Crippen LogP contribution in [0.5, 0.6) is 0 Å². The number of carbonyl (C=O) groups excluding carboxylic acids is 2. The lowest BCUT2D eigenvalue weighted by Crippen LogP contribution is -2.32. The van der Waals surface area contributed by atoms with Crippen LogP contribution in [0.4, 0.5) is 0 Å². The molecule has 1 amide bonds. The zero-order chi connectivity index (χ0) is 18.0. The first-order valence-electron chi connectivity index (χ1n) is 6.84. The molecule has 0 aliphatic rings. The maximum atomic E-state index is 11.5. The van der Waals surface area contributed by atoms with Gasteiger partial charge in [-0.15, -0.1) is 0 Å². The van der Waals surface area contributed by atoms with Gasteiger partial charge < -0.3 is 10.1 Å². The van der Waals surface area contributed by atoms with Crippen molar-refractivity contribution in [2.45, 2.75) is 24.8 Å². The molecule has 5 nitrogen and oxygen atoms in total. The molecule has 1 atom stereocenters. The third kappa shape index (κ3) is 8.64. The lowest BCUT2D eigenvalue weighted by atomic mass is 10.2. The first-order valence-corrected chi connectivity index (χ1v) is 7.99. The molecule has 0 fully saturated rings. The van der Waals surface area contributed by atoms with Gasteiger partial charge in [-0.1, -0.05) is 24.2 Å². The highest BCUT2D eigenvalue weighted by atomic mass is 35.5. The van der Waals surface area contributed by atoms with Crippen molar-refractivity contribution in [3.05, 3.63) is 41.4 Å². The molecule has 128 valence electrons. The number of halogens is 1. The molecular weight excluding hydrogens is 336 g/mol. The van der Waals surface area contributed by atoms with Crippen LogP contribution in [-0.2, 0) is 9.53 Å². The van der Waals surface area contributed by atoms with Crippen LogP contribution < -0.4 is 5.32 Å². The number of hydrogen-bond donors (Lipinski definition) is 1. The minimum atomic E-state index is -0.362. The van der Waals surface area contributed by atoms with Gasteiger partial charge in [-0.3, -0.25) is 9.59 Å². The summed E-state index contributed by atoms with van der Waals surface area (Å²) in [6, 6.07) is 6.86. The van der Waals surface area contributed by atoms with E-state index >= 15 is 0 Å². The van der Waals surface area contributed by atoms with Gasteiger partial charge in [0.05, 0.1) is 7.11 Å². The van der Waals surface area contributed by atoms with Crippen molar-refractivity contribution >= 4 is 35.4 Å². The van der Waals surface area contributed by atoms with E-state index in [4.69, 9.17) is 16.3 Å². The van der Waals surface area contributed by atoms with Gasteiger partial charge in [-0.2, -0.15) is 0 Å². The number of nitrogens with one attached hydrogen (secondary N) is 1. The fourth-order valence-electron chi connectivity index (χ4n) is 1.40. The quantitative estimate of drug-likeness (QED) is 0.646. The summed E-state index contributed by atoms with van der Waals surface area (Å²) in [6.07, 6.45) is 0. The SMILES string of the molecule is C=C(C)Cl.CNC(=O)c1cccc(SN(C)C(C)C(=O)OC)c1. The summed E-state index contributed by atoms with van der Waals surface area (Å²) in [5.74, 6) is -0.427. The third-order valence-electron chi connectivity index (χ3n) is 2.66. The van der Waals surface area contributed by atoms with Gasteiger partial charge in [0.25, 0.3) is 5.91 Å². The van der Waals surface area contributed by atoms with Gasteiger partial charge in [0.1, 0.15) is 6.04 Å². The number of carbonyl (C=O) groups is 2. The number of amides is 1. The number of methoxy groups -OCH3 is 1. The molecular formula is C16H23ClN2O3S. The first kappa shape index (κ1) is 21.5. The van der Waals surface area contributed by atoms with Crippen molar-refractivity contribution in [3.63, 3.8) is 0 Å².